The average molecular weight is 386 g/mol. The number of likely N-dealkylation sites (tertiary alicyclic amines) is 1. The van der Waals surface area contributed by atoms with E-state index in [0.717, 1.165) is 17.7 Å². The lowest BCUT2D eigenvalue weighted by molar-refractivity contribution is 0.0985. The van der Waals surface area contributed by atoms with Gasteiger partial charge in [0.25, 0.3) is 0 Å². The molecule has 5 rings (SSSR count). The summed E-state index contributed by atoms with van der Waals surface area (Å²) in [6.45, 7) is 2.32. The van der Waals surface area contributed by atoms with Crippen molar-refractivity contribution < 1.29 is 0 Å². The predicted molar refractivity (Wildman–Crippen MR) is 120 cm³/mol. The van der Waals surface area contributed by atoms with Gasteiger partial charge in [-0.1, -0.05) is 91.0 Å². The topological polar surface area (TPSA) is 3.24 Å². The minimum Gasteiger partial charge on any atom is -0.286 e. The van der Waals surface area contributed by atoms with Gasteiger partial charge in [-0.05, 0) is 41.2 Å². The predicted octanol–water partition coefficient (Wildman–Crippen LogP) is 5.81. The van der Waals surface area contributed by atoms with Gasteiger partial charge in [0.2, 0.25) is 0 Å². The number of nitrogens with zero attached hydrogens (tertiary/aromatic N) is 1. The minimum atomic E-state index is -0.234. The monoisotopic (exact) mass is 385 g/mol. The van der Waals surface area contributed by atoms with Crippen molar-refractivity contribution in [2.24, 2.45) is 5.92 Å². The van der Waals surface area contributed by atoms with E-state index in [1.165, 1.54) is 41.8 Å². The number of fused-ring (bicyclic) bond motifs is 1. The van der Waals surface area contributed by atoms with E-state index >= 15 is 0 Å². The largest absolute Gasteiger partial charge is 0.286 e. The highest BCUT2D eigenvalue weighted by Gasteiger charge is 2.46. The zero-order valence-corrected chi connectivity index (χ0v) is 17.0. The van der Waals surface area contributed by atoms with E-state index < -0.39 is 0 Å². The van der Waals surface area contributed by atoms with E-state index in [4.69, 9.17) is 0 Å². The van der Waals surface area contributed by atoms with E-state index in [-0.39, 0.29) is 5.54 Å². The zero-order chi connectivity index (χ0) is 18.8. The zero-order valence-electron chi connectivity index (χ0n) is 16.2. The molecule has 0 bridgehead atoms. The third kappa shape index (κ3) is 3.00. The summed E-state index contributed by atoms with van der Waals surface area (Å²) in [4.78, 5) is 2.78. The van der Waals surface area contributed by atoms with E-state index in [0.29, 0.717) is 0 Å². The van der Waals surface area contributed by atoms with Gasteiger partial charge < -0.3 is 0 Å². The van der Waals surface area contributed by atoms with Gasteiger partial charge >= 0.3 is 0 Å². The molecule has 0 amide bonds. The molecule has 3 aromatic carbocycles. The molecule has 0 radical (unpaired) electrons. The van der Waals surface area contributed by atoms with Crippen LogP contribution in [0, 0.1) is 5.92 Å². The maximum Gasteiger partial charge on any atom is 0.0973 e. The molecule has 2 aliphatic heterocycles. The molecule has 2 heterocycles. The summed E-state index contributed by atoms with van der Waals surface area (Å²) >= 11 is 2.20. The lowest BCUT2D eigenvalue weighted by atomic mass is 9.74. The van der Waals surface area contributed by atoms with Crippen molar-refractivity contribution in [1.82, 2.24) is 4.90 Å². The maximum atomic E-state index is 2.78. The maximum absolute atomic E-state index is 2.78. The summed E-state index contributed by atoms with van der Waals surface area (Å²) in [5, 5.41) is 0.858. The number of benzene rings is 3. The third-order valence-corrected chi connectivity index (χ3v) is 8.05. The Bertz CT molecular complexity index is 797. The molecule has 142 valence electrons. The molecule has 2 unspecified atom stereocenters. The fourth-order valence-corrected chi connectivity index (χ4v) is 6.78. The lowest BCUT2D eigenvalue weighted by Crippen LogP contribution is -2.53. The third-order valence-electron chi connectivity index (χ3n) is 6.53. The van der Waals surface area contributed by atoms with Crippen LogP contribution in [0.1, 0.15) is 29.5 Å². The molecular formula is C26H27NS. The first-order valence-electron chi connectivity index (χ1n) is 10.4. The minimum absolute atomic E-state index is 0.234. The fraction of sp³-hybridized carbons (Fsp3) is 0.308. The standard InChI is InChI=1S/C26H27NS/c1-4-10-22(11-5-1)26(23-12-6-2-7-13-23,24-14-8-3-9-15-24)27-18-16-25-21(20-27)17-19-28-25/h1-15,21,25H,16-20H2. The summed E-state index contributed by atoms with van der Waals surface area (Å²) < 4.78 is 0. The highest BCUT2D eigenvalue weighted by Crippen LogP contribution is 2.47. The Morgan fingerprint density at radius 2 is 1.18 bits per heavy atom. The quantitative estimate of drug-likeness (QED) is 0.522. The van der Waals surface area contributed by atoms with Gasteiger partial charge in [-0.25, -0.2) is 0 Å². The van der Waals surface area contributed by atoms with Crippen LogP contribution in [0.3, 0.4) is 0 Å². The van der Waals surface area contributed by atoms with E-state index in [2.05, 4.69) is 108 Å². The normalized spacial score (nSPS) is 22.7. The molecular weight excluding hydrogens is 358 g/mol. The second-order valence-electron chi connectivity index (χ2n) is 8.00. The van der Waals surface area contributed by atoms with Gasteiger partial charge in [0.1, 0.15) is 0 Å². The Labute approximate surface area is 172 Å². The summed E-state index contributed by atoms with van der Waals surface area (Å²) in [7, 11) is 0. The number of rotatable bonds is 4. The van der Waals surface area contributed by atoms with Crippen LogP contribution in [0.25, 0.3) is 0 Å². The smallest absolute Gasteiger partial charge is 0.0973 e. The second-order valence-corrected chi connectivity index (χ2v) is 9.35. The molecule has 1 nitrogen and oxygen atoms in total. The first kappa shape index (κ1) is 18.0. The summed E-state index contributed by atoms with van der Waals surface area (Å²) in [6.07, 6.45) is 2.66. The molecule has 2 aliphatic rings. The van der Waals surface area contributed by atoms with Gasteiger partial charge in [0.15, 0.2) is 0 Å². The SMILES string of the molecule is c1ccc(C(c2ccccc2)(c2ccccc2)N2CCC3SCCC3C2)cc1. The molecule has 2 heteroatoms. The molecule has 3 aromatic rings. The number of hydrogen-bond acceptors (Lipinski definition) is 2. The first-order chi connectivity index (χ1) is 13.9. The summed E-state index contributed by atoms with van der Waals surface area (Å²) in [5.41, 5.74) is 3.88. The van der Waals surface area contributed by atoms with E-state index in [9.17, 15) is 0 Å². The van der Waals surface area contributed by atoms with Crippen molar-refractivity contribution >= 4 is 11.8 Å². The van der Waals surface area contributed by atoms with Crippen molar-refractivity contribution in [3.63, 3.8) is 0 Å². The molecule has 0 aliphatic carbocycles. The highest BCUT2D eigenvalue weighted by molar-refractivity contribution is 8.00. The molecule has 0 aromatic heterocycles. The Morgan fingerprint density at radius 3 is 1.68 bits per heavy atom. The molecule has 0 N–H and O–H groups in total. The summed E-state index contributed by atoms with van der Waals surface area (Å²) in [5.74, 6) is 2.15. The summed E-state index contributed by atoms with van der Waals surface area (Å²) in [6, 6.07) is 33.4. The van der Waals surface area contributed by atoms with E-state index in [1.54, 1.807) is 0 Å². The molecule has 0 saturated carbocycles. The van der Waals surface area contributed by atoms with Gasteiger partial charge in [-0.15, -0.1) is 0 Å². The lowest BCUT2D eigenvalue weighted by Gasteiger charge is -2.49. The van der Waals surface area contributed by atoms with Crippen molar-refractivity contribution in [3.05, 3.63) is 108 Å². The second kappa shape index (κ2) is 7.77. The van der Waals surface area contributed by atoms with Crippen LogP contribution >= 0.6 is 11.8 Å². The molecule has 2 fully saturated rings. The highest BCUT2D eigenvalue weighted by atomic mass is 32.2. The van der Waals surface area contributed by atoms with Crippen LogP contribution in [-0.2, 0) is 5.54 Å². The molecule has 0 spiro atoms. The van der Waals surface area contributed by atoms with Crippen LogP contribution in [0.15, 0.2) is 91.0 Å². The van der Waals surface area contributed by atoms with Gasteiger partial charge in [-0.3, -0.25) is 4.90 Å². The number of thioether (sulfide) groups is 1. The Morgan fingerprint density at radius 1 is 0.679 bits per heavy atom. The van der Waals surface area contributed by atoms with E-state index in [1.807, 2.05) is 0 Å². The Balaban J connectivity index is 1.73. The Kier molecular flexibility index (Phi) is 5.00. The van der Waals surface area contributed by atoms with Crippen molar-refractivity contribution in [1.29, 1.82) is 0 Å². The van der Waals surface area contributed by atoms with Crippen LogP contribution in [0.5, 0.6) is 0 Å². The van der Waals surface area contributed by atoms with Crippen LogP contribution < -0.4 is 0 Å². The number of piperidine rings is 1. The van der Waals surface area contributed by atoms with Crippen molar-refractivity contribution in [2.45, 2.75) is 23.6 Å². The molecule has 28 heavy (non-hydrogen) atoms. The van der Waals surface area contributed by atoms with Crippen LogP contribution in [-0.4, -0.2) is 29.0 Å². The van der Waals surface area contributed by atoms with Crippen LogP contribution in [0.4, 0.5) is 0 Å². The Hall–Kier alpha value is -2.03. The fourth-order valence-electron chi connectivity index (χ4n) is 5.27. The van der Waals surface area contributed by atoms with Crippen LogP contribution in [0.2, 0.25) is 0 Å². The van der Waals surface area contributed by atoms with Crippen molar-refractivity contribution in [2.75, 3.05) is 18.8 Å². The molecule has 2 atom stereocenters. The van der Waals surface area contributed by atoms with Gasteiger partial charge in [0, 0.05) is 18.3 Å². The first-order valence-corrected chi connectivity index (χ1v) is 11.5. The van der Waals surface area contributed by atoms with Gasteiger partial charge in [-0.2, -0.15) is 11.8 Å². The van der Waals surface area contributed by atoms with Gasteiger partial charge in [0.05, 0.1) is 5.54 Å². The van der Waals surface area contributed by atoms with Crippen molar-refractivity contribution in [3.8, 4) is 0 Å². The molecule has 2 saturated heterocycles. The average Bonchev–Trinajstić information content (AvgIpc) is 3.25. The number of hydrogen-bond donors (Lipinski definition) is 0.